The van der Waals surface area contributed by atoms with Gasteiger partial charge in [0, 0.05) is 17.1 Å². The summed E-state index contributed by atoms with van der Waals surface area (Å²) in [5.41, 5.74) is 3.48. The highest BCUT2D eigenvalue weighted by Crippen LogP contribution is 2.38. The summed E-state index contributed by atoms with van der Waals surface area (Å²) in [4.78, 5) is 16.6. The van der Waals surface area contributed by atoms with E-state index in [1.807, 2.05) is 4.90 Å². The van der Waals surface area contributed by atoms with Crippen LogP contribution in [0.15, 0.2) is 60.1 Å². The van der Waals surface area contributed by atoms with Crippen molar-refractivity contribution in [2.24, 2.45) is 0 Å². The van der Waals surface area contributed by atoms with Crippen molar-refractivity contribution in [3.05, 3.63) is 76.2 Å². The van der Waals surface area contributed by atoms with E-state index >= 15 is 0 Å². The van der Waals surface area contributed by atoms with Gasteiger partial charge >= 0.3 is 6.03 Å². The average molecular weight is 378 g/mol. The maximum atomic E-state index is 13.4. The second-order valence-electron chi connectivity index (χ2n) is 7.41. The highest BCUT2D eigenvalue weighted by atomic mass is 32.1. The Balaban J connectivity index is 1.60. The lowest BCUT2D eigenvalue weighted by molar-refractivity contribution is 0.177. The summed E-state index contributed by atoms with van der Waals surface area (Å²) >= 11 is 1.71. The zero-order valence-electron chi connectivity index (χ0n) is 15.2. The number of hydrogen-bond acceptors (Lipinski definition) is 2. The molecule has 3 aromatic rings. The summed E-state index contributed by atoms with van der Waals surface area (Å²) in [6, 6.07) is 17.1. The SMILES string of the molecule is O=C(NC1CCCC1)N1Cc2ccccc2-n2cccc2C1c1cccs1. The van der Waals surface area contributed by atoms with E-state index in [2.05, 4.69) is 70.0 Å². The molecule has 2 amide bonds. The molecule has 2 aliphatic rings. The average Bonchev–Trinajstić information content (AvgIpc) is 3.44. The van der Waals surface area contributed by atoms with Crippen LogP contribution in [0.3, 0.4) is 0 Å². The number of hydrogen-bond donors (Lipinski definition) is 1. The van der Waals surface area contributed by atoms with Gasteiger partial charge in [0.2, 0.25) is 0 Å². The largest absolute Gasteiger partial charge is 0.335 e. The van der Waals surface area contributed by atoms with Crippen LogP contribution in [0.2, 0.25) is 0 Å². The van der Waals surface area contributed by atoms with Crippen LogP contribution in [0.5, 0.6) is 0 Å². The zero-order chi connectivity index (χ0) is 18.2. The van der Waals surface area contributed by atoms with Crippen LogP contribution < -0.4 is 5.32 Å². The number of nitrogens with one attached hydrogen (secondary N) is 1. The number of urea groups is 1. The minimum Gasteiger partial charge on any atom is -0.335 e. The molecule has 1 aliphatic heterocycles. The number of aromatic nitrogens is 1. The Bertz CT molecular complexity index is 940. The maximum absolute atomic E-state index is 13.4. The molecule has 1 aliphatic carbocycles. The van der Waals surface area contributed by atoms with Crippen LogP contribution in [0.1, 0.15) is 47.9 Å². The molecule has 138 valence electrons. The van der Waals surface area contributed by atoms with Gasteiger partial charge in [-0.05, 0) is 48.1 Å². The van der Waals surface area contributed by atoms with Crippen LogP contribution in [-0.4, -0.2) is 21.5 Å². The van der Waals surface area contributed by atoms with Crippen molar-refractivity contribution < 1.29 is 4.79 Å². The van der Waals surface area contributed by atoms with Crippen LogP contribution in [0, 0.1) is 0 Å². The fourth-order valence-electron chi connectivity index (χ4n) is 4.41. The van der Waals surface area contributed by atoms with Crippen molar-refractivity contribution in [1.82, 2.24) is 14.8 Å². The third kappa shape index (κ3) is 2.96. The number of amides is 2. The number of carbonyl (C=O) groups is 1. The van der Waals surface area contributed by atoms with Crippen molar-refractivity contribution >= 4 is 17.4 Å². The van der Waals surface area contributed by atoms with Crippen molar-refractivity contribution in [3.8, 4) is 5.69 Å². The molecule has 4 nitrogen and oxygen atoms in total. The van der Waals surface area contributed by atoms with Crippen molar-refractivity contribution in [1.29, 1.82) is 0 Å². The minimum absolute atomic E-state index is 0.0461. The van der Waals surface area contributed by atoms with Gasteiger partial charge in [0.15, 0.2) is 0 Å². The van der Waals surface area contributed by atoms with Crippen LogP contribution in [0.25, 0.3) is 5.69 Å². The minimum atomic E-state index is -0.0752. The number of nitrogens with zero attached hydrogens (tertiary/aromatic N) is 2. The number of carbonyl (C=O) groups excluding carboxylic acids is 1. The molecule has 27 heavy (non-hydrogen) atoms. The lowest BCUT2D eigenvalue weighted by Gasteiger charge is -2.31. The van der Waals surface area contributed by atoms with Crippen LogP contribution in [-0.2, 0) is 6.54 Å². The van der Waals surface area contributed by atoms with Gasteiger partial charge in [0.1, 0.15) is 6.04 Å². The monoisotopic (exact) mass is 377 g/mol. The summed E-state index contributed by atoms with van der Waals surface area (Å²) < 4.78 is 2.24. The first-order valence-electron chi connectivity index (χ1n) is 9.67. The number of para-hydroxylation sites is 1. The van der Waals surface area contributed by atoms with Gasteiger partial charge in [-0.3, -0.25) is 0 Å². The Hall–Kier alpha value is -2.53. The molecule has 1 aromatic carbocycles. The van der Waals surface area contributed by atoms with Gasteiger partial charge in [-0.25, -0.2) is 4.79 Å². The van der Waals surface area contributed by atoms with Gasteiger partial charge in [-0.15, -0.1) is 11.3 Å². The first-order valence-corrected chi connectivity index (χ1v) is 10.6. The standard InChI is InChI=1S/C22H23N3OS/c26-22(23-17-8-2-3-9-17)25-15-16-7-1-4-10-18(16)24-13-5-11-19(24)21(25)20-12-6-14-27-20/h1,4-7,10-14,17,21H,2-3,8-9,15H2,(H,23,26). The summed E-state index contributed by atoms with van der Waals surface area (Å²) in [6.45, 7) is 0.610. The summed E-state index contributed by atoms with van der Waals surface area (Å²) in [7, 11) is 0. The van der Waals surface area contributed by atoms with E-state index < -0.39 is 0 Å². The molecule has 0 spiro atoms. The fraction of sp³-hybridized carbons (Fsp3) is 0.318. The highest BCUT2D eigenvalue weighted by molar-refractivity contribution is 7.10. The highest BCUT2D eigenvalue weighted by Gasteiger charge is 2.34. The first kappa shape index (κ1) is 16.6. The molecule has 5 rings (SSSR count). The Morgan fingerprint density at radius 2 is 1.89 bits per heavy atom. The van der Waals surface area contributed by atoms with Gasteiger partial charge in [-0.2, -0.15) is 0 Å². The molecule has 0 saturated heterocycles. The Morgan fingerprint density at radius 3 is 2.70 bits per heavy atom. The van der Waals surface area contributed by atoms with E-state index in [0.717, 1.165) is 24.2 Å². The second kappa shape index (κ2) is 6.89. The van der Waals surface area contributed by atoms with E-state index in [1.54, 1.807) is 11.3 Å². The molecule has 3 heterocycles. The molecule has 1 unspecified atom stereocenters. The summed E-state index contributed by atoms with van der Waals surface area (Å²) in [5, 5.41) is 5.40. The van der Waals surface area contributed by atoms with Gasteiger partial charge in [0.05, 0.1) is 17.9 Å². The van der Waals surface area contributed by atoms with E-state index in [4.69, 9.17) is 0 Å². The molecule has 0 radical (unpaired) electrons. The maximum Gasteiger partial charge on any atom is 0.318 e. The van der Waals surface area contributed by atoms with Crippen molar-refractivity contribution in [2.75, 3.05) is 0 Å². The number of rotatable bonds is 2. The third-order valence-electron chi connectivity index (χ3n) is 5.72. The van der Waals surface area contributed by atoms with E-state index in [9.17, 15) is 4.79 Å². The van der Waals surface area contributed by atoms with Gasteiger partial charge in [-0.1, -0.05) is 37.1 Å². The lowest BCUT2D eigenvalue weighted by Crippen LogP contribution is -2.45. The fourth-order valence-corrected chi connectivity index (χ4v) is 5.26. The number of benzene rings is 1. The predicted octanol–water partition coefficient (Wildman–Crippen LogP) is 5.10. The van der Waals surface area contributed by atoms with E-state index in [0.29, 0.717) is 12.6 Å². The second-order valence-corrected chi connectivity index (χ2v) is 8.39. The quantitative estimate of drug-likeness (QED) is 0.663. The Labute approximate surface area is 163 Å². The van der Waals surface area contributed by atoms with Crippen LogP contribution >= 0.6 is 11.3 Å². The first-order chi connectivity index (χ1) is 13.3. The molecule has 1 N–H and O–H groups in total. The van der Waals surface area contributed by atoms with Gasteiger partial charge in [0.25, 0.3) is 0 Å². The number of fused-ring (bicyclic) bond motifs is 3. The third-order valence-corrected chi connectivity index (χ3v) is 6.65. The van der Waals surface area contributed by atoms with Gasteiger partial charge < -0.3 is 14.8 Å². The molecule has 1 fully saturated rings. The molecular weight excluding hydrogens is 354 g/mol. The molecule has 1 saturated carbocycles. The topological polar surface area (TPSA) is 37.3 Å². The van der Waals surface area contributed by atoms with Crippen molar-refractivity contribution in [2.45, 2.75) is 44.3 Å². The predicted molar refractivity (Wildman–Crippen MR) is 108 cm³/mol. The van der Waals surface area contributed by atoms with E-state index in [1.165, 1.54) is 23.3 Å². The Morgan fingerprint density at radius 1 is 1.04 bits per heavy atom. The van der Waals surface area contributed by atoms with Crippen LogP contribution in [0.4, 0.5) is 4.79 Å². The molecule has 0 bridgehead atoms. The lowest BCUT2D eigenvalue weighted by atomic mass is 10.1. The molecule has 5 heteroatoms. The van der Waals surface area contributed by atoms with Crippen molar-refractivity contribution in [3.63, 3.8) is 0 Å². The Kier molecular flexibility index (Phi) is 4.24. The molecular formula is C22H23N3OS. The summed E-state index contributed by atoms with van der Waals surface area (Å²) in [6.07, 6.45) is 6.72. The smallest absolute Gasteiger partial charge is 0.318 e. The molecule has 2 aromatic heterocycles. The zero-order valence-corrected chi connectivity index (χ0v) is 16.0. The van der Waals surface area contributed by atoms with E-state index in [-0.39, 0.29) is 12.1 Å². The molecule has 1 atom stereocenters. The number of thiophene rings is 1. The summed E-state index contributed by atoms with van der Waals surface area (Å²) in [5.74, 6) is 0. The normalized spacial score (nSPS) is 19.4.